The third-order valence-corrected chi connectivity index (χ3v) is 4.36. The van der Waals surface area contributed by atoms with Crippen LogP contribution < -0.4 is 5.32 Å². The van der Waals surface area contributed by atoms with Crippen LogP contribution >= 0.6 is 0 Å². The highest BCUT2D eigenvalue weighted by atomic mass is 16.2. The smallest absolute Gasteiger partial charge is 0.312 e. The van der Waals surface area contributed by atoms with E-state index in [4.69, 9.17) is 0 Å². The van der Waals surface area contributed by atoms with Crippen LogP contribution in [-0.2, 0) is 9.59 Å². The third-order valence-electron chi connectivity index (χ3n) is 4.36. The van der Waals surface area contributed by atoms with Crippen molar-refractivity contribution < 1.29 is 14.4 Å². The summed E-state index contributed by atoms with van der Waals surface area (Å²) in [5.74, 6) is -1.30. The molecular weight excluding hydrogens is 346 g/mol. The average Bonchev–Trinajstić information content (AvgIpc) is 3.17. The Morgan fingerprint density at radius 3 is 2.26 bits per heavy atom. The van der Waals surface area contributed by atoms with Crippen LogP contribution in [0.4, 0.5) is 0 Å². The minimum Gasteiger partial charge on any atom is -0.346 e. The fourth-order valence-corrected chi connectivity index (χ4v) is 2.99. The number of piperazine rings is 1. The molecule has 1 aromatic heterocycles. The number of carbonyl (C=O) groups excluding carboxylic acids is 3. The molecule has 1 saturated heterocycles. The van der Waals surface area contributed by atoms with Gasteiger partial charge in [-0.1, -0.05) is 18.2 Å². The molecule has 1 aliphatic heterocycles. The molecule has 3 amide bonds. The van der Waals surface area contributed by atoms with Crippen LogP contribution in [0.15, 0.2) is 42.9 Å². The van der Waals surface area contributed by atoms with Gasteiger partial charge in [0.1, 0.15) is 5.69 Å². The lowest BCUT2D eigenvalue weighted by Gasteiger charge is -2.34. The van der Waals surface area contributed by atoms with Gasteiger partial charge in [-0.2, -0.15) is 0 Å². The molecule has 142 valence electrons. The summed E-state index contributed by atoms with van der Waals surface area (Å²) in [6.07, 6.45) is 3.15. The molecule has 1 aliphatic rings. The number of amides is 3. The van der Waals surface area contributed by atoms with Gasteiger partial charge in [-0.15, -0.1) is 0 Å². The van der Waals surface area contributed by atoms with Crippen LogP contribution in [0.3, 0.4) is 0 Å². The van der Waals surface area contributed by atoms with Gasteiger partial charge in [0, 0.05) is 37.9 Å². The minimum absolute atomic E-state index is 0.0948. The zero-order valence-electron chi connectivity index (χ0n) is 15.5. The van der Waals surface area contributed by atoms with Crippen LogP contribution in [0.2, 0.25) is 0 Å². The molecule has 3 rings (SSSR count). The van der Waals surface area contributed by atoms with Crippen molar-refractivity contribution in [1.82, 2.24) is 24.7 Å². The number of hydrogen-bond donors (Lipinski definition) is 1. The van der Waals surface area contributed by atoms with Crippen molar-refractivity contribution in [2.45, 2.75) is 19.9 Å². The van der Waals surface area contributed by atoms with E-state index in [1.165, 1.54) is 4.90 Å². The Kier molecular flexibility index (Phi) is 5.54. The number of imidazole rings is 1. The van der Waals surface area contributed by atoms with Crippen LogP contribution in [-0.4, -0.2) is 69.3 Å². The normalized spacial score (nSPS) is 14.3. The predicted octanol–water partition coefficient (Wildman–Crippen LogP) is 0.681. The van der Waals surface area contributed by atoms with Gasteiger partial charge in [0.25, 0.3) is 5.91 Å². The highest BCUT2D eigenvalue weighted by Crippen LogP contribution is 2.14. The summed E-state index contributed by atoms with van der Waals surface area (Å²) in [5, 5.41) is 2.60. The number of benzene rings is 1. The lowest BCUT2D eigenvalue weighted by molar-refractivity contribution is -0.147. The van der Waals surface area contributed by atoms with Crippen molar-refractivity contribution in [2.75, 3.05) is 26.2 Å². The van der Waals surface area contributed by atoms with E-state index in [2.05, 4.69) is 10.3 Å². The second-order valence-corrected chi connectivity index (χ2v) is 6.70. The maximum absolute atomic E-state index is 12.9. The number of nitrogens with one attached hydrogen (secondary N) is 1. The molecule has 0 radical (unpaired) electrons. The van der Waals surface area contributed by atoms with E-state index < -0.39 is 11.8 Å². The number of rotatable bonds is 3. The number of nitrogens with zero attached hydrogens (tertiary/aromatic N) is 4. The highest BCUT2D eigenvalue weighted by Gasteiger charge is 2.29. The molecule has 1 aromatic carbocycles. The number of hydrogen-bond acceptors (Lipinski definition) is 4. The number of carbonyl (C=O) groups is 3. The summed E-state index contributed by atoms with van der Waals surface area (Å²) in [4.78, 5) is 44.2. The molecule has 0 unspecified atom stereocenters. The molecule has 8 heteroatoms. The maximum Gasteiger partial charge on any atom is 0.312 e. The fraction of sp³-hybridized carbons (Fsp3) is 0.368. The first-order chi connectivity index (χ1) is 13.0. The standard InChI is InChI=1S/C19H23N5O3/c1-14(2)21-17(25)19(27)23-10-8-22(9-11-23)18(26)16-12-20-13-24(16)15-6-4-3-5-7-15/h3-7,12-14H,8-11H2,1-2H3,(H,21,25). The zero-order valence-corrected chi connectivity index (χ0v) is 15.5. The first kappa shape index (κ1) is 18.6. The number of para-hydroxylation sites is 1. The Balaban J connectivity index is 1.64. The van der Waals surface area contributed by atoms with E-state index in [0.29, 0.717) is 31.9 Å². The lowest BCUT2D eigenvalue weighted by atomic mass is 10.2. The molecule has 27 heavy (non-hydrogen) atoms. The van der Waals surface area contributed by atoms with Crippen molar-refractivity contribution >= 4 is 17.7 Å². The summed E-state index contributed by atoms with van der Waals surface area (Å²) in [5.41, 5.74) is 1.33. The lowest BCUT2D eigenvalue weighted by Crippen LogP contribution is -2.54. The molecule has 0 bridgehead atoms. The van der Waals surface area contributed by atoms with E-state index in [1.54, 1.807) is 35.8 Å². The summed E-state index contributed by atoms with van der Waals surface area (Å²) in [7, 11) is 0. The van der Waals surface area contributed by atoms with E-state index in [1.807, 2.05) is 30.3 Å². The molecule has 8 nitrogen and oxygen atoms in total. The Morgan fingerprint density at radius 1 is 1.00 bits per heavy atom. The Morgan fingerprint density at radius 2 is 1.63 bits per heavy atom. The first-order valence-corrected chi connectivity index (χ1v) is 8.94. The van der Waals surface area contributed by atoms with E-state index in [0.717, 1.165) is 5.69 Å². The van der Waals surface area contributed by atoms with Crippen molar-refractivity contribution in [3.05, 3.63) is 48.5 Å². The molecular formula is C19H23N5O3. The van der Waals surface area contributed by atoms with E-state index in [9.17, 15) is 14.4 Å². The average molecular weight is 369 g/mol. The fourth-order valence-electron chi connectivity index (χ4n) is 2.99. The van der Waals surface area contributed by atoms with E-state index >= 15 is 0 Å². The summed E-state index contributed by atoms with van der Waals surface area (Å²) >= 11 is 0. The quantitative estimate of drug-likeness (QED) is 0.806. The molecule has 2 aromatic rings. The summed E-state index contributed by atoms with van der Waals surface area (Å²) in [6, 6.07) is 9.42. The highest BCUT2D eigenvalue weighted by molar-refractivity contribution is 6.35. The Labute approximate surface area is 157 Å². The van der Waals surface area contributed by atoms with E-state index in [-0.39, 0.29) is 11.9 Å². The number of aromatic nitrogens is 2. The summed E-state index contributed by atoms with van der Waals surface area (Å²) in [6.45, 7) is 5.01. The Hall–Kier alpha value is -3.16. The van der Waals surface area contributed by atoms with Crippen LogP contribution in [0, 0.1) is 0 Å². The zero-order chi connectivity index (χ0) is 19.4. The molecule has 0 saturated carbocycles. The van der Waals surface area contributed by atoms with Gasteiger partial charge in [-0.25, -0.2) is 4.98 Å². The largest absolute Gasteiger partial charge is 0.346 e. The van der Waals surface area contributed by atoms with Crippen molar-refractivity contribution in [2.24, 2.45) is 0 Å². The van der Waals surface area contributed by atoms with Crippen molar-refractivity contribution in [1.29, 1.82) is 0 Å². The van der Waals surface area contributed by atoms with Crippen molar-refractivity contribution in [3.8, 4) is 5.69 Å². The van der Waals surface area contributed by atoms with Gasteiger partial charge in [0.15, 0.2) is 0 Å². The maximum atomic E-state index is 12.9. The van der Waals surface area contributed by atoms with Gasteiger partial charge in [-0.05, 0) is 26.0 Å². The molecule has 1 fully saturated rings. The van der Waals surface area contributed by atoms with Gasteiger partial charge in [0.2, 0.25) is 0 Å². The van der Waals surface area contributed by atoms with Gasteiger partial charge >= 0.3 is 11.8 Å². The molecule has 0 spiro atoms. The Bertz CT molecular complexity index is 823. The van der Waals surface area contributed by atoms with Crippen LogP contribution in [0.1, 0.15) is 24.3 Å². The topological polar surface area (TPSA) is 87.5 Å². The summed E-state index contributed by atoms with van der Waals surface area (Å²) < 4.78 is 1.75. The molecule has 0 atom stereocenters. The molecule has 0 aliphatic carbocycles. The van der Waals surface area contributed by atoms with Gasteiger partial charge < -0.3 is 15.1 Å². The van der Waals surface area contributed by atoms with Crippen LogP contribution in [0.25, 0.3) is 5.69 Å². The van der Waals surface area contributed by atoms with Crippen LogP contribution in [0.5, 0.6) is 0 Å². The van der Waals surface area contributed by atoms with Gasteiger partial charge in [-0.3, -0.25) is 19.0 Å². The first-order valence-electron chi connectivity index (χ1n) is 8.94. The second-order valence-electron chi connectivity index (χ2n) is 6.70. The van der Waals surface area contributed by atoms with Gasteiger partial charge in [0.05, 0.1) is 12.5 Å². The predicted molar refractivity (Wildman–Crippen MR) is 99.3 cm³/mol. The minimum atomic E-state index is -0.605. The SMILES string of the molecule is CC(C)NC(=O)C(=O)N1CCN(C(=O)c2cncn2-c2ccccc2)CC1. The van der Waals surface area contributed by atoms with Crippen molar-refractivity contribution in [3.63, 3.8) is 0 Å². The second kappa shape index (κ2) is 8.03. The molecule has 2 heterocycles. The molecule has 1 N–H and O–H groups in total. The monoisotopic (exact) mass is 369 g/mol. The third kappa shape index (κ3) is 4.16.